The number of amides is 1. The van der Waals surface area contributed by atoms with Crippen molar-refractivity contribution in [2.45, 2.75) is 26.4 Å². The van der Waals surface area contributed by atoms with Gasteiger partial charge in [-0.15, -0.1) is 0 Å². The van der Waals surface area contributed by atoms with E-state index in [1.807, 2.05) is 0 Å². The van der Waals surface area contributed by atoms with E-state index in [1.165, 1.54) is 6.20 Å². The molecule has 0 aliphatic heterocycles. The van der Waals surface area contributed by atoms with Crippen molar-refractivity contribution in [3.05, 3.63) is 24.4 Å². The molecule has 0 unspecified atom stereocenters. The highest BCUT2D eigenvalue weighted by molar-refractivity contribution is 5.86. The number of carbonyl (C=O) groups is 1. The molecule has 1 aromatic rings. The fourth-order valence-corrected chi connectivity index (χ4v) is 1.16. The van der Waals surface area contributed by atoms with E-state index >= 15 is 0 Å². The molecule has 0 aliphatic rings. The summed E-state index contributed by atoms with van der Waals surface area (Å²) in [7, 11) is 0. The number of anilines is 2. The van der Waals surface area contributed by atoms with Gasteiger partial charge < -0.3 is 10.5 Å². The summed E-state index contributed by atoms with van der Waals surface area (Å²) >= 11 is 0. The predicted octanol–water partition coefficient (Wildman–Crippen LogP) is 2.65. The van der Waals surface area contributed by atoms with Crippen molar-refractivity contribution < 1.29 is 9.53 Å². The molecular weight excluding hydrogens is 218 g/mol. The maximum atomic E-state index is 11.5. The summed E-state index contributed by atoms with van der Waals surface area (Å²) in [5, 5.41) is 2.55. The Morgan fingerprint density at radius 1 is 1.59 bits per heavy atom. The first-order valence-corrected chi connectivity index (χ1v) is 5.20. The molecule has 1 aromatic heterocycles. The van der Waals surface area contributed by atoms with Crippen LogP contribution in [0, 0.1) is 0 Å². The van der Waals surface area contributed by atoms with Crippen LogP contribution in [-0.2, 0) is 4.74 Å². The quantitative estimate of drug-likeness (QED) is 0.826. The number of nitrogen functional groups attached to an aromatic ring is 1. The van der Waals surface area contributed by atoms with Crippen molar-refractivity contribution >= 4 is 23.7 Å². The van der Waals surface area contributed by atoms with Crippen molar-refractivity contribution in [2.75, 3.05) is 11.1 Å². The van der Waals surface area contributed by atoms with E-state index in [4.69, 9.17) is 10.5 Å². The standard InChI is InChI=1S/C12H17N3O2/c1-5-8-6-9(13)7-14-10(8)15-11(16)17-12(2,3)4/h5-7H,1,13H2,2-4H3,(H,14,15,16). The smallest absolute Gasteiger partial charge is 0.413 e. The molecule has 17 heavy (non-hydrogen) atoms. The van der Waals surface area contributed by atoms with E-state index in [1.54, 1.807) is 32.9 Å². The Morgan fingerprint density at radius 2 is 2.24 bits per heavy atom. The van der Waals surface area contributed by atoms with Crippen LogP contribution in [0.2, 0.25) is 0 Å². The number of nitrogens with zero attached hydrogens (tertiary/aromatic N) is 1. The summed E-state index contributed by atoms with van der Waals surface area (Å²) in [5.41, 5.74) is 6.19. The fraction of sp³-hybridized carbons (Fsp3) is 0.333. The number of hydrogen-bond donors (Lipinski definition) is 2. The Hall–Kier alpha value is -2.04. The second-order valence-electron chi connectivity index (χ2n) is 4.54. The van der Waals surface area contributed by atoms with Crippen molar-refractivity contribution in [3.63, 3.8) is 0 Å². The van der Waals surface area contributed by atoms with Gasteiger partial charge >= 0.3 is 6.09 Å². The van der Waals surface area contributed by atoms with Crippen LogP contribution in [0.4, 0.5) is 16.3 Å². The molecule has 0 radical (unpaired) electrons. The van der Waals surface area contributed by atoms with Gasteiger partial charge in [-0.25, -0.2) is 9.78 Å². The summed E-state index contributed by atoms with van der Waals surface area (Å²) in [6.07, 6.45) is 2.47. The van der Waals surface area contributed by atoms with E-state index < -0.39 is 11.7 Å². The number of carbonyl (C=O) groups excluding carboxylic acids is 1. The van der Waals surface area contributed by atoms with E-state index in [0.717, 1.165) is 0 Å². The summed E-state index contributed by atoms with van der Waals surface area (Å²) < 4.78 is 5.12. The van der Waals surface area contributed by atoms with E-state index in [2.05, 4.69) is 16.9 Å². The highest BCUT2D eigenvalue weighted by Gasteiger charge is 2.17. The first-order chi connectivity index (χ1) is 7.81. The van der Waals surface area contributed by atoms with Gasteiger partial charge in [-0.05, 0) is 26.8 Å². The third kappa shape index (κ3) is 4.14. The largest absolute Gasteiger partial charge is 0.444 e. The number of nitrogens with two attached hydrogens (primary N) is 1. The predicted molar refractivity (Wildman–Crippen MR) is 68.6 cm³/mol. The Labute approximate surface area is 101 Å². The molecule has 0 aliphatic carbocycles. The molecule has 0 bridgehead atoms. The number of aromatic nitrogens is 1. The van der Waals surface area contributed by atoms with Crippen molar-refractivity contribution in [1.29, 1.82) is 0 Å². The molecule has 5 nitrogen and oxygen atoms in total. The number of rotatable bonds is 2. The zero-order valence-electron chi connectivity index (χ0n) is 10.3. The maximum Gasteiger partial charge on any atom is 0.413 e. The molecule has 1 rings (SSSR count). The molecule has 92 valence electrons. The molecule has 0 aromatic carbocycles. The third-order valence-electron chi connectivity index (χ3n) is 1.78. The van der Waals surface area contributed by atoms with Gasteiger partial charge in [-0.3, -0.25) is 5.32 Å². The topological polar surface area (TPSA) is 77.2 Å². The average Bonchev–Trinajstić information content (AvgIpc) is 2.17. The Kier molecular flexibility index (Phi) is 3.73. The van der Waals surface area contributed by atoms with Crippen LogP contribution in [0.15, 0.2) is 18.8 Å². The molecule has 0 spiro atoms. The lowest BCUT2D eigenvalue weighted by molar-refractivity contribution is 0.0635. The number of hydrogen-bond acceptors (Lipinski definition) is 4. The monoisotopic (exact) mass is 235 g/mol. The van der Waals surface area contributed by atoms with Crippen LogP contribution >= 0.6 is 0 Å². The lowest BCUT2D eigenvalue weighted by Gasteiger charge is -2.19. The normalized spacial score (nSPS) is 10.8. The second-order valence-corrected chi connectivity index (χ2v) is 4.54. The second kappa shape index (κ2) is 4.86. The van der Waals surface area contributed by atoms with Gasteiger partial charge in [0.15, 0.2) is 0 Å². The lowest BCUT2D eigenvalue weighted by atomic mass is 10.2. The van der Waals surface area contributed by atoms with Crippen LogP contribution in [0.25, 0.3) is 6.08 Å². The van der Waals surface area contributed by atoms with Gasteiger partial charge in [-0.1, -0.05) is 12.7 Å². The summed E-state index contributed by atoms with van der Waals surface area (Å²) in [6, 6.07) is 1.67. The van der Waals surface area contributed by atoms with Crippen LogP contribution in [-0.4, -0.2) is 16.7 Å². The zero-order chi connectivity index (χ0) is 13.1. The minimum Gasteiger partial charge on any atom is -0.444 e. The van der Waals surface area contributed by atoms with Gasteiger partial charge in [0.25, 0.3) is 0 Å². The average molecular weight is 235 g/mol. The highest BCUT2D eigenvalue weighted by atomic mass is 16.6. The molecule has 0 saturated heterocycles. The van der Waals surface area contributed by atoms with Gasteiger partial charge in [0.1, 0.15) is 11.4 Å². The maximum absolute atomic E-state index is 11.5. The minimum absolute atomic E-state index is 0.378. The van der Waals surface area contributed by atoms with Crippen molar-refractivity contribution in [3.8, 4) is 0 Å². The Bertz CT molecular complexity index is 436. The fourth-order valence-electron chi connectivity index (χ4n) is 1.16. The van der Waals surface area contributed by atoms with Gasteiger partial charge in [0, 0.05) is 5.56 Å². The SMILES string of the molecule is C=Cc1cc(N)cnc1NC(=O)OC(C)(C)C. The molecule has 0 atom stereocenters. The van der Waals surface area contributed by atoms with Gasteiger partial charge in [0.05, 0.1) is 11.9 Å². The number of ether oxygens (including phenoxy) is 1. The summed E-state index contributed by atoms with van der Waals surface area (Å²) in [6.45, 7) is 8.99. The molecule has 5 heteroatoms. The molecule has 1 heterocycles. The molecule has 1 amide bonds. The number of pyridine rings is 1. The lowest BCUT2D eigenvalue weighted by Crippen LogP contribution is -2.27. The zero-order valence-corrected chi connectivity index (χ0v) is 10.3. The van der Waals surface area contributed by atoms with Crippen molar-refractivity contribution in [1.82, 2.24) is 4.98 Å². The van der Waals surface area contributed by atoms with Crippen LogP contribution < -0.4 is 11.1 Å². The third-order valence-corrected chi connectivity index (χ3v) is 1.78. The van der Waals surface area contributed by atoms with Crippen LogP contribution in [0.1, 0.15) is 26.3 Å². The van der Waals surface area contributed by atoms with Gasteiger partial charge in [0.2, 0.25) is 0 Å². The Balaban J connectivity index is 2.81. The Morgan fingerprint density at radius 3 is 2.76 bits per heavy atom. The van der Waals surface area contributed by atoms with E-state index in [-0.39, 0.29) is 0 Å². The van der Waals surface area contributed by atoms with Crippen molar-refractivity contribution in [2.24, 2.45) is 0 Å². The van der Waals surface area contributed by atoms with E-state index in [9.17, 15) is 4.79 Å². The first-order valence-electron chi connectivity index (χ1n) is 5.20. The highest BCUT2D eigenvalue weighted by Crippen LogP contribution is 2.17. The first kappa shape index (κ1) is 13.0. The molecule has 3 N–H and O–H groups in total. The molecule has 0 saturated carbocycles. The molecule has 0 fully saturated rings. The minimum atomic E-state index is -0.558. The van der Waals surface area contributed by atoms with Crippen LogP contribution in [0.3, 0.4) is 0 Å². The van der Waals surface area contributed by atoms with E-state index in [0.29, 0.717) is 17.1 Å². The number of nitrogens with one attached hydrogen (secondary N) is 1. The van der Waals surface area contributed by atoms with Gasteiger partial charge in [-0.2, -0.15) is 0 Å². The summed E-state index contributed by atoms with van der Waals surface area (Å²) in [5.74, 6) is 0.378. The van der Waals surface area contributed by atoms with Crippen LogP contribution in [0.5, 0.6) is 0 Å². The molecular formula is C12H17N3O2. The summed E-state index contributed by atoms with van der Waals surface area (Å²) in [4.78, 5) is 15.6.